The molecule has 2 aromatic rings. The SMILES string of the molecule is O=c1[nH]c2ccsc2c(=O)n1CS. The van der Waals surface area contributed by atoms with Crippen LogP contribution in [0.2, 0.25) is 0 Å². The topological polar surface area (TPSA) is 54.9 Å². The van der Waals surface area contributed by atoms with Crippen molar-refractivity contribution < 1.29 is 0 Å². The third kappa shape index (κ3) is 1.22. The highest BCUT2D eigenvalue weighted by atomic mass is 32.1. The van der Waals surface area contributed by atoms with Crippen LogP contribution in [0.15, 0.2) is 21.0 Å². The zero-order chi connectivity index (χ0) is 9.42. The van der Waals surface area contributed by atoms with Crippen molar-refractivity contribution in [1.29, 1.82) is 0 Å². The predicted octanol–water partition coefficient (Wildman–Crippen LogP) is 0.639. The van der Waals surface area contributed by atoms with Crippen molar-refractivity contribution in [3.05, 3.63) is 32.3 Å². The van der Waals surface area contributed by atoms with Gasteiger partial charge in [0.05, 0.1) is 11.4 Å². The minimum atomic E-state index is -0.411. The summed E-state index contributed by atoms with van der Waals surface area (Å²) >= 11 is 5.22. The highest BCUT2D eigenvalue weighted by Gasteiger charge is 2.06. The van der Waals surface area contributed by atoms with Gasteiger partial charge in [0, 0.05) is 0 Å². The van der Waals surface area contributed by atoms with Gasteiger partial charge in [0.2, 0.25) is 0 Å². The highest BCUT2D eigenvalue weighted by Crippen LogP contribution is 2.11. The number of thiophene rings is 1. The maximum Gasteiger partial charge on any atom is 0.329 e. The number of nitrogens with zero attached hydrogens (tertiary/aromatic N) is 1. The van der Waals surface area contributed by atoms with Gasteiger partial charge >= 0.3 is 5.69 Å². The fraction of sp³-hybridized carbons (Fsp3) is 0.143. The molecule has 0 atom stereocenters. The largest absolute Gasteiger partial charge is 0.329 e. The van der Waals surface area contributed by atoms with Gasteiger partial charge < -0.3 is 4.98 Å². The van der Waals surface area contributed by atoms with Crippen LogP contribution >= 0.6 is 24.0 Å². The molecule has 0 radical (unpaired) electrons. The van der Waals surface area contributed by atoms with Gasteiger partial charge in [0.15, 0.2) is 0 Å². The number of hydrogen-bond acceptors (Lipinski definition) is 4. The summed E-state index contributed by atoms with van der Waals surface area (Å²) in [5, 5.41) is 1.77. The van der Waals surface area contributed by atoms with Crippen molar-refractivity contribution >= 4 is 34.2 Å². The van der Waals surface area contributed by atoms with E-state index in [0.29, 0.717) is 10.2 Å². The summed E-state index contributed by atoms with van der Waals surface area (Å²) in [4.78, 5) is 25.4. The van der Waals surface area contributed by atoms with Crippen molar-refractivity contribution in [3.8, 4) is 0 Å². The van der Waals surface area contributed by atoms with Crippen molar-refractivity contribution in [2.24, 2.45) is 0 Å². The average molecular weight is 214 g/mol. The maximum atomic E-state index is 11.5. The van der Waals surface area contributed by atoms with Crippen LogP contribution in [0.25, 0.3) is 10.2 Å². The highest BCUT2D eigenvalue weighted by molar-refractivity contribution is 7.79. The Bertz CT molecular complexity index is 551. The minimum Gasteiger partial charge on any atom is -0.306 e. The predicted molar refractivity (Wildman–Crippen MR) is 55.7 cm³/mol. The molecule has 4 nitrogen and oxygen atoms in total. The third-order valence-electron chi connectivity index (χ3n) is 1.73. The van der Waals surface area contributed by atoms with Gasteiger partial charge in [-0.1, -0.05) is 0 Å². The Morgan fingerprint density at radius 3 is 3.00 bits per heavy atom. The molecular formula is C7H6N2O2S2. The molecule has 0 aromatic carbocycles. The first-order valence-corrected chi connectivity index (χ1v) is 5.06. The van der Waals surface area contributed by atoms with Crippen LogP contribution in [0.5, 0.6) is 0 Å². The first-order chi connectivity index (χ1) is 6.24. The van der Waals surface area contributed by atoms with Crippen LogP contribution in [0.1, 0.15) is 0 Å². The Balaban J connectivity index is 3.02. The molecule has 0 aliphatic rings. The Morgan fingerprint density at radius 2 is 2.31 bits per heavy atom. The molecule has 0 unspecified atom stereocenters. The number of thiol groups is 1. The molecule has 2 heterocycles. The zero-order valence-electron chi connectivity index (χ0n) is 6.48. The van der Waals surface area contributed by atoms with Crippen LogP contribution in [-0.2, 0) is 5.88 Å². The average Bonchev–Trinajstić information content (AvgIpc) is 2.53. The Hall–Kier alpha value is -1.01. The van der Waals surface area contributed by atoms with E-state index in [4.69, 9.17) is 0 Å². The lowest BCUT2D eigenvalue weighted by Gasteiger charge is -1.97. The molecule has 6 heteroatoms. The van der Waals surface area contributed by atoms with Crippen molar-refractivity contribution in [2.75, 3.05) is 0 Å². The number of H-pyrrole nitrogens is 1. The number of aromatic amines is 1. The normalized spacial score (nSPS) is 10.8. The molecule has 0 aliphatic carbocycles. The molecule has 2 rings (SSSR count). The second-order valence-electron chi connectivity index (χ2n) is 2.47. The summed E-state index contributed by atoms with van der Waals surface area (Å²) in [7, 11) is 0. The molecule has 0 bridgehead atoms. The van der Waals surface area contributed by atoms with Crippen LogP contribution < -0.4 is 11.2 Å². The van der Waals surface area contributed by atoms with E-state index in [1.165, 1.54) is 11.3 Å². The van der Waals surface area contributed by atoms with Gasteiger partial charge in [-0.15, -0.1) is 11.3 Å². The second kappa shape index (κ2) is 3.04. The molecule has 0 fully saturated rings. The summed E-state index contributed by atoms with van der Waals surface area (Å²) < 4.78 is 1.62. The summed E-state index contributed by atoms with van der Waals surface area (Å²) in [6.45, 7) is 0. The first kappa shape index (κ1) is 8.58. The molecule has 1 N–H and O–H groups in total. The molecule has 0 amide bonds. The van der Waals surface area contributed by atoms with E-state index >= 15 is 0 Å². The van der Waals surface area contributed by atoms with Crippen molar-refractivity contribution in [3.63, 3.8) is 0 Å². The van der Waals surface area contributed by atoms with Crippen molar-refractivity contribution in [1.82, 2.24) is 9.55 Å². The van der Waals surface area contributed by atoms with Gasteiger partial charge in [-0.2, -0.15) is 12.6 Å². The van der Waals surface area contributed by atoms with Crippen LogP contribution in [0.4, 0.5) is 0 Å². The molecule has 0 aliphatic heterocycles. The second-order valence-corrected chi connectivity index (χ2v) is 3.67. The zero-order valence-corrected chi connectivity index (χ0v) is 8.19. The lowest BCUT2D eigenvalue weighted by Crippen LogP contribution is -2.33. The van der Waals surface area contributed by atoms with Crippen molar-refractivity contribution in [2.45, 2.75) is 5.88 Å². The minimum absolute atomic E-state index is 0.0992. The lowest BCUT2D eigenvalue weighted by atomic mass is 10.5. The smallest absolute Gasteiger partial charge is 0.306 e. The lowest BCUT2D eigenvalue weighted by molar-refractivity contribution is 0.782. The van der Waals surface area contributed by atoms with E-state index in [-0.39, 0.29) is 11.4 Å². The molecular weight excluding hydrogens is 208 g/mol. The fourth-order valence-corrected chi connectivity index (χ4v) is 2.15. The Morgan fingerprint density at radius 1 is 1.54 bits per heavy atom. The summed E-state index contributed by atoms with van der Waals surface area (Å²) in [5.41, 5.74) is -0.0901. The molecule has 68 valence electrons. The van der Waals surface area contributed by atoms with Crippen LogP contribution in [0.3, 0.4) is 0 Å². The van der Waals surface area contributed by atoms with Gasteiger partial charge in [0.1, 0.15) is 4.70 Å². The number of aromatic nitrogens is 2. The van der Waals surface area contributed by atoms with Gasteiger partial charge in [-0.05, 0) is 11.4 Å². The Kier molecular flexibility index (Phi) is 2.01. The summed E-state index contributed by atoms with van der Waals surface area (Å²) in [6.07, 6.45) is 0. The molecule has 2 aromatic heterocycles. The third-order valence-corrected chi connectivity index (χ3v) is 2.92. The molecule has 0 spiro atoms. The number of fused-ring (bicyclic) bond motifs is 1. The van der Waals surface area contributed by atoms with E-state index in [2.05, 4.69) is 17.6 Å². The molecule has 13 heavy (non-hydrogen) atoms. The van der Waals surface area contributed by atoms with Gasteiger partial charge in [-0.3, -0.25) is 4.79 Å². The fourth-order valence-electron chi connectivity index (χ4n) is 1.10. The Labute approximate surface area is 82.2 Å². The quantitative estimate of drug-likeness (QED) is 0.684. The number of hydrogen-bond donors (Lipinski definition) is 2. The van der Waals surface area contributed by atoms with Gasteiger partial charge in [0.25, 0.3) is 5.56 Å². The maximum absolute atomic E-state index is 11.5. The first-order valence-electron chi connectivity index (χ1n) is 3.55. The molecule has 0 saturated carbocycles. The van der Waals surface area contributed by atoms with E-state index in [0.717, 1.165) is 4.57 Å². The van der Waals surface area contributed by atoms with Gasteiger partial charge in [-0.25, -0.2) is 9.36 Å². The number of nitrogens with one attached hydrogen (secondary N) is 1. The van der Waals surface area contributed by atoms with E-state index in [1.54, 1.807) is 11.4 Å². The standard InChI is InChI=1S/C7H6N2O2S2/c10-6-5-4(1-2-13-5)8-7(11)9(6)3-12/h1-2,12H,3H2,(H,8,11). The summed E-state index contributed by atoms with van der Waals surface area (Å²) in [6, 6.07) is 1.71. The number of rotatable bonds is 1. The van der Waals surface area contributed by atoms with E-state index < -0.39 is 5.69 Å². The van der Waals surface area contributed by atoms with E-state index in [9.17, 15) is 9.59 Å². The van der Waals surface area contributed by atoms with Crippen LogP contribution in [-0.4, -0.2) is 9.55 Å². The molecule has 0 saturated heterocycles. The van der Waals surface area contributed by atoms with Crippen LogP contribution in [0, 0.1) is 0 Å². The monoisotopic (exact) mass is 214 g/mol. The van der Waals surface area contributed by atoms with E-state index in [1.807, 2.05) is 0 Å². The summed E-state index contributed by atoms with van der Waals surface area (Å²) in [5.74, 6) is 0.0992.